The van der Waals surface area contributed by atoms with Gasteiger partial charge in [0.2, 0.25) is 0 Å². The highest BCUT2D eigenvalue weighted by Gasteiger charge is 2.40. The van der Waals surface area contributed by atoms with Gasteiger partial charge in [-0.2, -0.15) is 0 Å². The predicted octanol–water partition coefficient (Wildman–Crippen LogP) is 4.84. The van der Waals surface area contributed by atoms with Gasteiger partial charge in [-0.3, -0.25) is 4.99 Å². The molecule has 1 heterocycles. The van der Waals surface area contributed by atoms with E-state index < -0.39 is 0 Å². The summed E-state index contributed by atoms with van der Waals surface area (Å²) in [5.41, 5.74) is 0.374. The largest absolute Gasteiger partial charge is 0.359 e. The third kappa shape index (κ3) is 4.68. The van der Waals surface area contributed by atoms with Gasteiger partial charge in [0, 0.05) is 17.3 Å². The van der Waals surface area contributed by atoms with Gasteiger partial charge < -0.3 is 5.32 Å². The van der Waals surface area contributed by atoms with Crippen molar-refractivity contribution < 1.29 is 0 Å². The number of nitrogens with zero attached hydrogens (tertiary/aromatic N) is 1. The van der Waals surface area contributed by atoms with Crippen molar-refractivity contribution in [1.29, 1.82) is 0 Å². The molecule has 1 saturated heterocycles. The maximum Gasteiger partial charge on any atom is 0.157 e. The molecule has 2 fully saturated rings. The summed E-state index contributed by atoms with van der Waals surface area (Å²) in [7, 11) is 0. The van der Waals surface area contributed by atoms with Crippen LogP contribution in [-0.4, -0.2) is 22.5 Å². The molecule has 0 aromatic rings. The van der Waals surface area contributed by atoms with E-state index in [1.54, 1.807) is 0 Å². The minimum atomic E-state index is 0.374. The fourth-order valence-electron chi connectivity index (χ4n) is 3.57. The molecule has 116 valence electrons. The highest BCUT2D eigenvalue weighted by Crippen LogP contribution is 2.38. The van der Waals surface area contributed by atoms with E-state index in [1.165, 1.54) is 55.9 Å². The molecule has 20 heavy (non-hydrogen) atoms. The molecule has 1 saturated carbocycles. The zero-order valence-corrected chi connectivity index (χ0v) is 14.6. The molecular weight excluding hydrogens is 264 g/mol. The normalized spacial score (nSPS) is 33.9. The Kier molecular flexibility index (Phi) is 5.83. The summed E-state index contributed by atoms with van der Waals surface area (Å²) < 4.78 is 0. The van der Waals surface area contributed by atoms with Gasteiger partial charge >= 0.3 is 0 Å². The molecular formula is C17H32N2S. The minimum Gasteiger partial charge on any atom is -0.359 e. The van der Waals surface area contributed by atoms with Crippen molar-refractivity contribution in [3.05, 3.63) is 0 Å². The Balaban J connectivity index is 1.80. The lowest BCUT2D eigenvalue weighted by Gasteiger charge is -2.36. The number of amidine groups is 1. The van der Waals surface area contributed by atoms with Crippen LogP contribution in [0.1, 0.15) is 72.6 Å². The average Bonchev–Trinajstić information content (AvgIpc) is 2.71. The van der Waals surface area contributed by atoms with Crippen LogP contribution in [0, 0.1) is 11.8 Å². The SMILES string of the molecule is CC(C)CCCC(C)N=C1NC2(CCCC(C)C2)CS1. The number of aliphatic imine (C=N–C) groups is 1. The van der Waals surface area contributed by atoms with Gasteiger partial charge in [0.15, 0.2) is 5.17 Å². The van der Waals surface area contributed by atoms with Crippen molar-refractivity contribution in [2.75, 3.05) is 5.75 Å². The standard InChI is InChI=1S/C17H32N2S/c1-13(2)7-5-9-15(4)18-16-19-17(12-20-16)10-6-8-14(3)11-17/h13-15H,5-12H2,1-4H3,(H,18,19). The molecule has 2 nitrogen and oxygen atoms in total. The average molecular weight is 297 g/mol. The number of thioether (sulfide) groups is 1. The van der Waals surface area contributed by atoms with Crippen molar-refractivity contribution in [2.45, 2.75) is 84.2 Å². The van der Waals surface area contributed by atoms with E-state index in [-0.39, 0.29) is 0 Å². The maximum atomic E-state index is 4.92. The van der Waals surface area contributed by atoms with Crippen molar-refractivity contribution in [1.82, 2.24) is 5.32 Å². The van der Waals surface area contributed by atoms with Crippen molar-refractivity contribution >= 4 is 16.9 Å². The Bertz CT molecular complexity index is 340. The van der Waals surface area contributed by atoms with Crippen LogP contribution >= 0.6 is 11.8 Å². The molecule has 1 spiro atoms. The van der Waals surface area contributed by atoms with E-state index in [0.717, 1.165) is 11.8 Å². The first-order chi connectivity index (χ1) is 9.49. The van der Waals surface area contributed by atoms with E-state index in [0.29, 0.717) is 11.6 Å². The lowest BCUT2D eigenvalue weighted by molar-refractivity contribution is 0.242. The van der Waals surface area contributed by atoms with Gasteiger partial charge in [0.05, 0.1) is 0 Å². The fourth-order valence-corrected chi connectivity index (χ4v) is 4.86. The second-order valence-electron chi connectivity index (χ2n) is 7.50. The van der Waals surface area contributed by atoms with E-state index in [1.807, 2.05) is 11.8 Å². The Morgan fingerprint density at radius 3 is 2.85 bits per heavy atom. The quantitative estimate of drug-likeness (QED) is 0.785. The zero-order chi connectivity index (χ0) is 14.6. The number of nitrogens with one attached hydrogen (secondary N) is 1. The van der Waals surface area contributed by atoms with Crippen LogP contribution in [0.5, 0.6) is 0 Å². The van der Waals surface area contributed by atoms with E-state index >= 15 is 0 Å². The first-order valence-corrected chi connectivity index (χ1v) is 9.46. The van der Waals surface area contributed by atoms with Crippen LogP contribution < -0.4 is 5.32 Å². The summed E-state index contributed by atoms with van der Waals surface area (Å²) in [6.07, 6.45) is 9.33. The van der Waals surface area contributed by atoms with E-state index in [2.05, 4.69) is 33.0 Å². The molecule has 0 amide bonds. The van der Waals surface area contributed by atoms with Gasteiger partial charge in [-0.25, -0.2) is 0 Å². The third-order valence-corrected chi connectivity index (χ3v) is 5.87. The number of hydrogen-bond donors (Lipinski definition) is 1. The van der Waals surface area contributed by atoms with Gasteiger partial charge in [0.25, 0.3) is 0 Å². The summed E-state index contributed by atoms with van der Waals surface area (Å²) in [4.78, 5) is 4.92. The first-order valence-electron chi connectivity index (χ1n) is 8.48. The summed E-state index contributed by atoms with van der Waals surface area (Å²) >= 11 is 1.96. The molecule has 1 aliphatic carbocycles. The topological polar surface area (TPSA) is 24.4 Å². The van der Waals surface area contributed by atoms with Crippen LogP contribution in [0.15, 0.2) is 4.99 Å². The molecule has 0 aromatic carbocycles. The van der Waals surface area contributed by atoms with E-state index in [4.69, 9.17) is 4.99 Å². The summed E-state index contributed by atoms with van der Waals surface area (Å²) in [6.45, 7) is 9.28. The highest BCUT2D eigenvalue weighted by atomic mass is 32.2. The van der Waals surface area contributed by atoms with Gasteiger partial charge in [-0.1, -0.05) is 58.2 Å². The number of hydrogen-bond acceptors (Lipinski definition) is 2. The second kappa shape index (κ2) is 7.20. The highest BCUT2D eigenvalue weighted by molar-refractivity contribution is 8.14. The molecule has 0 bridgehead atoms. The van der Waals surface area contributed by atoms with Gasteiger partial charge in [0.1, 0.15) is 0 Å². The van der Waals surface area contributed by atoms with Gasteiger partial charge in [-0.05, 0) is 38.0 Å². The maximum absolute atomic E-state index is 4.92. The second-order valence-corrected chi connectivity index (χ2v) is 8.47. The zero-order valence-electron chi connectivity index (χ0n) is 13.7. The molecule has 1 N–H and O–H groups in total. The van der Waals surface area contributed by atoms with Crippen molar-refractivity contribution in [2.24, 2.45) is 16.8 Å². The molecule has 2 aliphatic rings. The van der Waals surface area contributed by atoms with Crippen LogP contribution in [0.2, 0.25) is 0 Å². The van der Waals surface area contributed by atoms with Gasteiger partial charge in [-0.15, -0.1) is 0 Å². The van der Waals surface area contributed by atoms with Crippen molar-refractivity contribution in [3.63, 3.8) is 0 Å². The minimum absolute atomic E-state index is 0.374. The van der Waals surface area contributed by atoms with E-state index in [9.17, 15) is 0 Å². The Morgan fingerprint density at radius 1 is 1.35 bits per heavy atom. The Morgan fingerprint density at radius 2 is 2.15 bits per heavy atom. The Hall–Kier alpha value is -0.180. The van der Waals surface area contributed by atoms with Crippen LogP contribution in [0.3, 0.4) is 0 Å². The molecule has 0 aromatic heterocycles. The first kappa shape index (κ1) is 16.2. The monoisotopic (exact) mass is 296 g/mol. The predicted molar refractivity (Wildman–Crippen MR) is 91.5 cm³/mol. The van der Waals surface area contributed by atoms with Crippen LogP contribution in [0.4, 0.5) is 0 Å². The lowest BCUT2D eigenvalue weighted by Crippen LogP contribution is -2.47. The molecule has 3 unspecified atom stereocenters. The molecule has 3 atom stereocenters. The van der Waals surface area contributed by atoms with Crippen LogP contribution in [0.25, 0.3) is 0 Å². The molecule has 3 heteroatoms. The van der Waals surface area contributed by atoms with Crippen LogP contribution in [-0.2, 0) is 0 Å². The summed E-state index contributed by atoms with van der Waals surface area (Å²) in [5.74, 6) is 2.93. The molecule has 0 radical (unpaired) electrons. The lowest BCUT2D eigenvalue weighted by atomic mass is 9.78. The summed E-state index contributed by atoms with van der Waals surface area (Å²) in [5, 5.41) is 5.00. The third-order valence-electron chi connectivity index (χ3n) is 4.69. The fraction of sp³-hybridized carbons (Fsp3) is 0.941. The molecule has 1 aliphatic heterocycles. The summed E-state index contributed by atoms with van der Waals surface area (Å²) in [6, 6.07) is 0.472. The smallest absolute Gasteiger partial charge is 0.157 e. The molecule has 2 rings (SSSR count). The number of rotatable bonds is 5. The Labute approximate surface area is 129 Å². The van der Waals surface area contributed by atoms with Crippen molar-refractivity contribution in [3.8, 4) is 0 Å².